The lowest BCUT2D eigenvalue weighted by atomic mass is 10.0. The van der Waals surface area contributed by atoms with E-state index >= 15 is 0 Å². The summed E-state index contributed by atoms with van der Waals surface area (Å²) in [5.74, 6) is -0.501. The molecule has 3 heterocycles. The molecule has 36 heavy (non-hydrogen) atoms. The Morgan fingerprint density at radius 2 is 1.83 bits per heavy atom. The third-order valence-corrected chi connectivity index (χ3v) is 6.71. The number of rotatable bonds is 5. The van der Waals surface area contributed by atoms with Crippen LogP contribution < -0.4 is 4.90 Å². The second-order valence-corrected chi connectivity index (χ2v) is 9.84. The van der Waals surface area contributed by atoms with Gasteiger partial charge in [-0.15, -0.1) is 4.80 Å². The molecule has 1 aliphatic heterocycles. The van der Waals surface area contributed by atoms with E-state index in [2.05, 4.69) is 15.2 Å². The Bertz CT molecular complexity index is 1450. The first kappa shape index (κ1) is 25.2. The van der Waals surface area contributed by atoms with Crippen LogP contribution in [0.1, 0.15) is 30.5 Å². The van der Waals surface area contributed by atoms with Crippen LogP contribution in [0.5, 0.6) is 0 Å². The Kier molecular flexibility index (Phi) is 6.07. The van der Waals surface area contributed by atoms with Crippen molar-refractivity contribution < 1.29 is 30.9 Å². The van der Waals surface area contributed by atoms with Crippen molar-refractivity contribution in [2.24, 2.45) is 0 Å². The van der Waals surface area contributed by atoms with Crippen LogP contribution in [0, 0.1) is 11.3 Å². The minimum Gasteiger partial charge on any atom is -0.283 e. The summed E-state index contributed by atoms with van der Waals surface area (Å²) in [5.41, 5.74) is -5.64. The Hall–Kier alpha value is -3.87. The number of nitrogens with zero attached hydrogens (tertiary/aromatic N) is 7. The summed E-state index contributed by atoms with van der Waals surface area (Å²) in [4.78, 5) is 20.5. The SMILES string of the molecule is CC1(C)C(=O)N(c2ccc(C#N)c(C(F)(F)F)c2)C(S(=O)(=O)O)N1Cc1ccc(-n2nccn2)nc1. The Morgan fingerprint density at radius 3 is 2.36 bits per heavy atom. The van der Waals surface area contributed by atoms with Gasteiger partial charge in [-0.3, -0.25) is 14.2 Å². The number of carbonyl (C=O) groups excluding carboxylic acids is 1. The Balaban J connectivity index is 1.77. The van der Waals surface area contributed by atoms with Crippen molar-refractivity contribution >= 4 is 21.7 Å². The van der Waals surface area contributed by atoms with Crippen molar-refractivity contribution in [3.63, 3.8) is 0 Å². The van der Waals surface area contributed by atoms with Gasteiger partial charge in [0.1, 0.15) is 0 Å². The van der Waals surface area contributed by atoms with Crippen LogP contribution >= 0.6 is 0 Å². The summed E-state index contributed by atoms with van der Waals surface area (Å²) in [7, 11) is -5.04. The number of amides is 1. The molecule has 0 saturated carbocycles. The van der Waals surface area contributed by atoms with Crippen molar-refractivity contribution in [3.8, 4) is 11.9 Å². The first-order valence-corrected chi connectivity index (χ1v) is 11.7. The molecule has 1 aliphatic rings. The molecule has 1 amide bonds. The molecule has 1 saturated heterocycles. The molecule has 0 radical (unpaired) electrons. The molecule has 0 aliphatic carbocycles. The van der Waals surface area contributed by atoms with Crippen molar-refractivity contribution in [2.75, 3.05) is 4.90 Å². The predicted molar refractivity (Wildman–Crippen MR) is 118 cm³/mol. The molecule has 0 bridgehead atoms. The lowest BCUT2D eigenvalue weighted by Gasteiger charge is -2.31. The van der Waals surface area contributed by atoms with Crippen LogP contribution in [0.15, 0.2) is 48.9 Å². The molecule has 2 aromatic heterocycles. The summed E-state index contributed by atoms with van der Waals surface area (Å²) in [6.45, 7) is 2.57. The summed E-state index contributed by atoms with van der Waals surface area (Å²) in [5, 5.41) is 16.9. The van der Waals surface area contributed by atoms with Gasteiger partial charge in [-0.2, -0.15) is 37.0 Å². The molecule has 0 spiro atoms. The quantitative estimate of drug-likeness (QED) is 0.500. The fraction of sp³-hybridized carbons (Fsp3) is 0.286. The number of hydrogen-bond donors (Lipinski definition) is 1. The molecule has 1 atom stereocenters. The van der Waals surface area contributed by atoms with Crippen LogP contribution in [0.3, 0.4) is 0 Å². The maximum absolute atomic E-state index is 13.5. The number of carbonyl (C=O) groups is 1. The molecular weight excluding hydrogens is 503 g/mol. The standard InChI is InChI=1S/C21H18F3N7O4S/c1-20(2)18(32)30(15-5-4-14(10-25)16(9-15)21(22,23)24)19(36(33,34)35)29(20)12-13-3-6-17(26-11-13)31-27-7-8-28-31/h3-9,11,19H,12H2,1-2H3,(H,33,34,35). The average Bonchev–Trinajstić information content (AvgIpc) is 3.40. The van der Waals surface area contributed by atoms with Crippen LogP contribution in [0.25, 0.3) is 5.82 Å². The minimum absolute atomic E-state index is 0.206. The highest BCUT2D eigenvalue weighted by atomic mass is 32.2. The van der Waals surface area contributed by atoms with Gasteiger partial charge in [-0.25, -0.2) is 9.88 Å². The number of pyridine rings is 1. The maximum Gasteiger partial charge on any atom is 0.417 e. The van der Waals surface area contributed by atoms with Gasteiger partial charge in [0.15, 0.2) is 5.82 Å². The van der Waals surface area contributed by atoms with Gasteiger partial charge >= 0.3 is 16.3 Å². The molecule has 188 valence electrons. The third-order valence-electron chi connectivity index (χ3n) is 5.71. The Labute approximate surface area is 203 Å². The van der Waals surface area contributed by atoms with Gasteiger partial charge < -0.3 is 0 Å². The van der Waals surface area contributed by atoms with Crippen LogP contribution in [-0.4, -0.2) is 54.8 Å². The van der Waals surface area contributed by atoms with Crippen LogP contribution in [0.4, 0.5) is 18.9 Å². The van der Waals surface area contributed by atoms with Crippen LogP contribution in [0.2, 0.25) is 0 Å². The maximum atomic E-state index is 13.5. The number of anilines is 1. The molecule has 1 N–H and O–H groups in total. The van der Waals surface area contributed by atoms with Crippen LogP contribution in [-0.2, 0) is 27.6 Å². The molecule has 11 nitrogen and oxygen atoms in total. The fourth-order valence-electron chi connectivity index (χ4n) is 3.92. The number of halogens is 3. The van der Waals surface area contributed by atoms with Crippen molar-refractivity contribution in [1.29, 1.82) is 5.26 Å². The van der Waals surface area contributed by atoms with Gasteiger partial charge in [0.25, 0.3) is 0 Å². The zero-order valence-corrected chi connectivity index (χ0v) is 19.6. The molecule has 4 rings (SSSR count). The van der Waals surface area contributed by atoms with Crippen molar-refractivity contribution in [3.05, 3.63) is 65.6 Å². The zero-order valence-electron chi connectivity index (χ0n) is 18.7. The highest BCUT2D eigenvalue weighted by Crippen LogP contribution is 2.41. The molecule has 1 fully saturated rings. The monoisotopic (exact) mass is 521 g/mol. The van der Waals surface area contributed by atoms with Gasteiger partial charge in [0.05, 0.1) is 35.1 Å². The van der Waals surface area contributed by atoms with E-state index in [9.17, 15) is 30.9 Å². The second-order valence-electron chi connectivity index (χ2n) is 8.39. The van der Waals surface area contributed by atoms with E-state index in [1.54, 1.807) is 12.1 Å². The van der Waals surface area contributed by atoms with E-state index in [4.69, 9.17) is 5.26 Å². The minimum atomic E-state index is -5.04. The highest BCUT2D eigenvalue weighted by molar-refractivity contribution is 7.86. The van der Waals surface area contributed by atoms with E-state index in [-0.39, 0.29) is 6.54 Å². The van der Waals surface area contributed by atoms with Gasteiger partial charge in [-0.1, -0.05) is 6.07 Å². The van der Waals surface area contributed by atoms with E-state index in [1.165, 1.54) is 43.3 Å². The number of alkyl halides is 3. The molecule has 15 heteroatoms. The lowest BCUT2D eigenvalue weighted by molar-refractivity contribution is -0.137. The zero-order chi connectivity index (χ0) is 26.5. The fourth-order valence-corrected chi connectivity index (χ4v) is 5.06. The first-order valence-electron chi connectivity index (χ1n) is 10.2. The van der Waals surface area contributed by atoms with Crippen molar-refractivity contribution in [2.45, 2.75) is 37.6 Å². The predicted octanol–water partition coefficient (Wildman–Crippen LogP) is 2.35. The first-order chi connectivity index (χ1) is 16.7. The van der Waals surface area contributed by atoms with Gasteiger partial charge in [0.2, 0.25) is 11.4 Å². The summed E-state index contributed by atoms with van der Waals surface area (Å²) in [6.07, 6.45) is -0.644. The summed E-state index contributed by atoms with van der Waals surface area (Å²) >= 11 is 0. The largest absolute Gasteiger partial charge is 0.417 e. The van der Waals surface area contributed by atoms with E-state index in [0.717, 1.165) is 17.0 Å². The highest BCUT2D eigenvalue weighted by Gasteiger charge is 2.57. The third kappa shape index (κ3) is 4.41. The number of hydrogen-bond acceptors (Lipinski definition) is 8. The van der Waals surface area contributed by atoms with Gasteiger partial charge in [0, 0.05) is 18.4 Å². The molecular formula is C21H18F3N7O4S. The summed E-state index contributed by atoms with van der Waals surface area (Å²) in [6, 6.07) is 6.94. The van der Waals surface area contributed by atoms with E-state index in [0.29, 0.717) is 22.3 Å². The number of aromatic nitrogens is 4. The number of benzene rings is 1. The van der Waals surface area contributed by atoms with Crippen molar-refractivity contribution in [1.82, 2.24) is 24.9 Å². The van der Waals surface area contributed by atoms with Gasteiger partial charge in [-0.05, 0) is 43.7 Å². The molecule has 1 aromatic carbocycles. The average molecular weight is 521 g/mol. The van der Waals surface area contributed by atoms with E-state index in [1.807, 2.05) is 0 Å². The second kappa shape index (κ2) is 8.66. The summed E-state index contributed by atoms with van der Waals surface area (Å²) < 4.78 is 75.6. The molecule has 3 aromatic rings. The smallest absolute Gasteiger partial charge is 0.283 e. The van der Waals surface area contributed by atoms with E-state index < -0.39 is 50.1 Å². The topological polar surface area (TPSA) is 145 Å². The Morgan fingerprint density at radius 1 is 1.17 bits per heavy atom. The lowest BCUT2D eigenvalue weighted by Crippen LogP contribution is -2.48. The normalized spacial score (nSPS) is 18.4. The molecule has 1 unspecified atom stereocenters. The number of nitriles is 1.